The number of hydrogen-bond donors (Lipinski definition) is 0. The maximum Gasteiger partial charge on any atom is 0.120 e. The van der Waals surface area contributed by atoms with E-state index in [4.69, 9.17) is 10.00 Å². The Hall–Kier alpha value is -1.01. The van der Waals surface area contributed by atoms with Crippen LogP contribution in [0.3, 0.4) is 0 Å². The van der Waals surface area contributed by atoms with Gasteiger partial charge in [0.05, 0.1) is 18.7 Å². The van der Waals surface area contributed by atoms with Crippen molar-refractivity contribution in [2.75, 3.05) is 7.11 Å². The van der Waals surface area contributed by atoms with Crippen LogP contribution in [0.2, 0.25) is 0 Å². The van der Waals surface area contributed by atoms with Gasteiger partial charge in [-0.2, -0.15) is 5.26 Å². The second kappa shape index (κ2) is 4.29. The van der Waals surface area contributed by atoms with E-state index in [0.717, 1.165) is 22.2 Å². The lowest BCUT2D eigenvalue weighted by atomic mass is 10.0. The third kappa shape index (κ3) is 2.02. The van der Waals surface area contributed by atoms with E-state index in [9.17, 15) is 0 Å². The van der Waals surface area contributed by atoms with Crippen LogP contribution >= 0.6 is 15.9 Å². The third-order valence-electron chi connectivity index (χ3n) is 1.99. The molecule has 0 aliphatic heterocycles. The Labute approximate surface area is 86.3 Å². The van der Waals surface area contributed by atoms with Crippen molar-refractivity contribution >= 4 is 15.9 Å². The highest BCUT2D eigenvalue weighted by Gasteiger charge is 2.05. The Morgan fingerprint density at radius 3 is 2.69 bits per heavy atom. The van der Waals surface area contributed by atoms with Crippen molar-refractivity contribution in [1.82, 2.24) is 0 Å². The van der Waals surface area contributed by atoms with Gasteiger partial charge in [-0.15, -0.1) is 0 Å². The maximum atomic E-state index is 8.84. The molecule has 0 atom stereocenters. The average Bonchev–Trinajstić information content (AvgIpc) is 2.18. The normalized spacial score (nSPS) is 9.38. The molecule has 2 nitrogen and oxygen atoms in total. The molecule has 0 aliphatic carbocycles. The van der Waals surface area contributed by atoms with Crippen molar-refractivity contribution in [3.05, 3.63) is 28.8 Å². The first-order chi connectivity index (χ1) is 6.22. The molecule has 68 valence electrons. The molecular formula is C10H10BrNO. The van der Waals surface area contributed by atoms with Crippen LogP contribution in [-0.4, -0.2) is 7.11 Å². The van der Waals surface area contributed by atoms with Gasteiger partial charge in [0, 0.05) is 5.33 Å². The Morgan fingerprint density at radius 2 is 2.23 bits per heavy atom. The molecule has 1 aromatic rings. The van der Waals surface area contributed by atoms with Gasteiger partial charge >= 0.3 is 0 Å². The second-order valence-electron chi connectivity index (χ2n) is 2.70. The number of rotatable bonds is 2. The minimum Gasteiger partial charge on any atom is -0.497 e. The van der Waals surface area contributed by atoms with Crippen molar-refractivity contribution < 1.29 is 4.74 Å². The molecule has 0 saturated carbocycles. The largest absolute Gasteiger partial charge is 0.497 e. The molecule has 0 spiro atoms. The fraction of sp³-hybridized carbons (Fsp3) is 0.300. The summed E-state index contributed by atoms with van der Waals surface area (Å²) >= 11 is 3.37. The van der Waals surface area contributed by atoms with Crippen LogP contribution < -0.4 is 4.74 Å². The Morgan fingerprint density at radius 1 is 1.54 bits per heavy atom. The van der Waals surface area contributed by atoms with Gasteiger partial charge in [-0.05, 0) is 30.2 Å². The lowest BCUT2D eigenvalue weighted by Crippen LogP contribution is -1.92. The lowest BCUT2D eigenvalue weighted by Gasteiger charge is -2.07. The van der Waals surface area contributed by atoms with Gasteiger partial charge < -0.3 is 4.74 Å². The topological polar surface area (TPSA) is 33.0 Å². The summed E-state index contributed by atoms with van der Waals surface area (Å²) in [7, 11) is 1.60. The zero-order chi connectivity index (χ0) is 9.84. The molecule has 3 heteroatoms. The van der Waals surface area contributed by atoms with Gasteiger partial charge in [0.2, 0.25) is 0 Å². The smallest absolute Gasteiger partial charge is 0.120 e. The molecule has 1 rings (SSSR count). The van der Waals surface area contributed by atoms with E-state index in [1.807, 2.05) is 13.0 Å². The van der Waals surface area contributed by atoms with Crippen LogP contribution in [0.25, 0.3) is 0 Å². The van der Waals surface area contributed by atoms with Crippen molar-refractivity contribution in [3.8, 4) is 11.8 Å². The van der Waals surface area contributed by atoms with Gasteiger partial charge in [-0.25, -0.2) is 0 Å². The van der Waals surface area contributed by atoms with E-state index >= 15 is 0 Å². The Balaban J connectivity index is 3.31. The van der Waals surface area contributed by atoms with Gasteiger partial charge in [-0.1, -0.05) is 15.9 Å². The number of nitrogens with zero attached hydrogens (tertiary/aromatic N) is 1. The van der Waals surface area contributed by atoms with Crippen LogP contribution in [0.15, 0.2) is 12.1 Å². The summed E-state index contributed by atoms with van der Waals surface area (Å²) in [6.07, 6.45) is 0. The first kappa shape index (κ1) is 10.1. The number of ether oxygens (including phenoxy) is 1. The van der Waals surface area contributed by atoms with Gasteiger partial charge in [0.15, 0.2) is 0 Å². The second-order valence-corrected chi connectivity index (χ2v) is 3.27. The average molecular weight is 240 g/mol. The molecule has 0 aromatic heterocycles. The summed E-state index contributed by atoms with van der Waals surface area (Å²) < 4.78 is 5.08. The summed E-state index contributed by atoms with van der Waals surface area (Å²) in [5, 5.41) is 9.58. The zero-order valence-corrected chi connectivity index (χ0v) is 9.18. The van der Waals surface area contributed by atoms with Gasteiger partial charge in [0.1, 0.15) is 5.75 Å². The molecule has 0 aliphatic rings. The fourth-order valence-corrected chi connectivity index (χ4v) is 1.70. The minimum atomic E-state index is 0.675. The standard InChI is InChI=1S/C10H10BrNO/c1-7-8(5-11)3-10(13-2)4-9(7)6-12/h3-4H,5H2,1-2H3. The highest BCUT2D eigenvalue weighted by atomic mass is 79.9. The summed E-state index contributed by atoms with van der Waals surface area (Å²) in [6, 6.07) is 5.83. The van der Waals surface area contributed by atoms with Crippen LogP contribution in [0.1, 0.15) is 16.7 Å². The first-order valence-electron chi connectivity index (χ1n) is 3.86. The molecule has 13 heavy (non-hydrogen) atoms. The third-order valence-corrected chi connectivity index (χ3v) is 2.59. The first-order valence-corrected chi connectivity index (χ1v) is 4.98. The van der Waals surface area contributed by atoms with Gasteiger partial charge in [-0.3, -0.25) is 0 Å². The molecule has 0 N–H and O–H groups in total. The number of nitriles is 1. The molecule has 0 bridgehead atoms. The minimum absolute atomic E-state index is 0.675. The van der Waals surface area contributed by atoms with Crippen LogP contribution in [0.4, 0.5) is 0 Å². The van der Waals surface area contributed by atoms with E-state index in [2.05, 4.69) is 22.0 Å². The molecule has 1 aromatic carbocycles. The Kier molecular flexibility index (Phi) is 3.32. The van der Waals surface area contributed by atoms with E-state index in [0.29, 0.717) is 5.56 Å². The molecule has 0 radical (unpaired) electrons. The summed E-state index contributed by atoms with van der Waals surface area (Å²) in [5.74, 6) is 0.733. The van der Waals surface area contributed by atoms with Crippen molar-refractivity contribution in [2.45, 2.75) is 12.3 Å². The van der Waals surface area contributed by atoms with E-state index < -0.39 is 0 Å². The summed E-state index contributed by atoms with van der Waals surface area (Å²) in [4.78, 5) is 0. The SMILES string of the molecule is COc1cc(C#N)c(C)c(CBr)c1. The maximum absolute atomic E-state index is 8.84. The number of benzene rings is 1. The number of methoxy groups -OCH3 is 1. The van der Waals surface area contributed by atoms with Crippen LogP contribution in [0.5, 0.6) is 5.75 Å². The predicted molar refractivity (Wildman–Crippen MR) is 55.1 cm³/mol. The summed E-state index contributed by atoms with van der Waals surface area (Å²) in [5.41, 5.74) is 2.78. The van der Waals surface area contributed by atoms with Crippen LogP contribution in [-0.2, 0) is 5.33 Å². The molecular weight excluding hydrogens is 230 g/mol. The molecule has 0 amide bonds. The fourth-order valence-electron chi connectivity index (χ4n) is 1.12. The van der Waals surface area contributed by atoms with E-state index in [1.165, 1.54) is 0 Å². The highest BCUT2D eigenvalue weighted by Crippen LogP contribution is 2.23. The van der Waals surface area contributed by atoms with Crippen LogP contribution in [0, 0.1) is 18.3 Å². The highest BCUT2D eigenvalue weighted by molar-refractivity contribution is 9.08. The molecule has 0 fully saturated rings. The number of halogens is 1. The van der Waals surface area contributed by atoms with Gasteiger partial charge in [0.25, 0.3) is 0 Å². The lowest BCUT2D eigenvalue weighted by molar-refractivity contribution is 0.414. The van der Waals surface area contributed by atoms with E-state index in [-0.39, 0.29) is 0 Å². The Bertz CT molecular complexity index is 355. The predicted octanol–water partition coefficient (Wildman–Crippen LogP) is 2.77. The molecule has 0 heterocycles. The summed E-state index contributed by atoms with van der Waals surface area (Å²) in [6.45, 7) is 1.94. The van der Waals surface area contributed by atoms with Crippen molar-refractivity contribution in [3.63, 3.8) is 0 Å². The number of alkyl halides is 1. The quantitative estimate of drug-likeness (QED) is 0.744. The zero-order valence-electron chi connectivity index (χ0n) is 7.60. The van der Waals surface area contributed by atoms with E-state index in [1.54, 1.807) is 13.2 Å². The monoisotopic (exact) mass is 239 g/mol. The van der Waals surface area contributed by atoms with Crippen molar-refractivity contribution in [2.24, 2.45) is 0 Å². The number of hydrogen-bond acceptors (Lipinski definition) is 2. The molecule has 0 saturated heterocycles. The molecule has 0 unspecified atom stereocenters. The van der Waals surface area contributed by atoms with Crippen molar-refractivity contribution in [1.29, 1.82) is 5.26 Å².